The predicted octanol–water partition coefficient (Wildman–Crippen LogP) is 3.31. The first kappa shape index (κ1) is 13.6. The first-order chi connectivity index (χ1) is 7.79. The van der Waals surface area contributed by atoms with Gasteiger partial charge in [0.25, 0.3) is 0 Å². The molecule has 1 aromatic carbocycles. The summed E-state index contributed by atoms with van der Waals surface area (Å²) in [6.45, 7) is 3.36. The van der Waals surface area contributed by atoms with Gasteiger partial charge in [0.1, 0.15) is 0 Å². The van der Waals surface area contributed by atoms with E-state index in [1.165, 1.54) is 24.2 Å². The van der Waals surface area contributed by atoms with Crippen LogP contribution in [0.4, 0.5) is 0 Å². The van der Waals surface area contributed by atoms with Crippen LogP contribution in [0.25, 0.3) is 0 Å². The minimum absolute atomic E-state index is 0.305. The summed E-state index contributed by atoms with van der Waals surface area (Å²) in [5, 5.41) is 3.36. The van der Waals surface area contributed by atoms with Crippen molar-refractivity contribution in [2.45, 2.75) is 25.2 Å². The molecule has 90 valence electrons. The molecule has 0 aliphatic carbocycles. The van der Waals surface area contributed by atoms with Gasteiger partial charge in [0, 0.05) is 12.0 Å². The third kappa shape index (κ3) is 3.26. The Labute approximate surface area is 104 Å². The van der Waals surface area contributed by atoms with Gasteiger partial charge in [-0.25, -0.2) is 0 Å². The smallest absolute Gasteiger partial charge is 0.00828 e. The molecule has 0 saturated carbocycles. The summed E-state index contributed by atoms with van der Waals surface area (Å²) < 4.78 is 0. The molecule has 0 spiro atoms. The van der Waals surface area contributed by atoms with Gasteiger partial charge < -0.3 is 5.32 Å². The van der Waals surface area contributed by atoms with E-state index in [1.807, 2.05) is 18.8 Å². The normalized spacial score (nSPS) is 14.7. The Morgan fingerprint density at radius 1 is 1.25 bits per heavy atom. The molecular formula is C14H23NS. The molecule has 1 unspecified atom stereocenters. The van der Waals surface area contributed by atoms with Crippen LogP contribution in [0.15, 0.2) is 30.3 Å². The maximum Gasteiger partial charge on any atom is 0.00828 e. The van der Waals surface area contributed by atoms with E-state index in [-0.39, 0.29) is 0 Å². The Balaban J connectivity index is 2.92. The fourth-order valence-electron chi connectivity index (χ4n) is 2.27. The number of nitrogens with one attached hydrogen (secondary N) is 1. The highest BCUT2D eigenvalue weighted by molar-refractivity contribution is 7.98. The molecule has 1 N–H and O–H groups in total. The van der Waals surface area contributed by atoms with Crippen molar-refractivity contribution in [2.75, 3.05) is 25.6 Å². The van der Waals surface area contributed by atoms with Gasteiger partial charge in [-0.3, -0.25) is 0 Å². The number of rotatable bonds is 7. The molecule has 0 radical (unpaired) electrons. The molecule has 2 heteroatoms. The molecule has 1 aromatic rings. The predicted molar refractivity (Wildman–Crippen MR) is 75.3 cm³/mol. The molecule has 0 heterocycles. The summed E-state index contributed by atoms with van der Waals surface area (Å²) in [5.74, 6) is 1.23. The lowest BCUT2D eigenvalue weighted by molar-refractivity contribution is 0.383. The van der Waals surface area contributed by atoms with Crippen molar-refractivity contribution in [3.05, 3.63) is 35.9 Å². The highest BCUT2D eigenvalue weighted by Crippen LogP contribution is 2.32. The maximum absolute atomic E-state index is 3.36. The van der Waals surface area contributed by atoms with Crippen LogP contribution in [-0.2, 0) is 5.41 Å². The number of benzene rings is 1. The Kier molecular flexibility index (Phi) is 5.93. The van der Waals surface area contributed by atoms with Crippen molar-refractivity contribution >= 4 is 11.8 Å². The van der Waals surface area contributed by atoms with Crippen LogP contribution < -0.4 is 5.32 Å². The summed E-state index contributed by atoms with van der Waals surface area (Å²) in [6, 6.07) is 10.9. The van der Waals surface area contributed by atoms with Gasteiger partial charge in [0.05, 0.1) is 0 Å². The Morgan fingerprint density at radius 2 is 1.94 bits per heavy atom. The monoisotopic (exact) mass is 237 g/mol. The zero-order valence-corrected chi connectivity index (χ0v) is 11.4. The van der Waals surface area contributed by atoms with Crippen molar-refractivity contribution in [3.63, 3.8) is 0 Å². The number of hydrogen-bond donors (Lipinski definition) is 1. The Bertz CT molecular complexity index is 286. The zero-order valence-electron chi connectivity index (χ0n) is 10.6. The lowest BCUT2D eigenvalue weighted by atomic mass is 9.76. The van der Waals surface area contributed by atoms with Crippen molar-refractivity contribution < 1.29 is 0 Å². The van der Waals surface area contributed by atoms with Crippen LogP contribution >= 0.6 is 11.8 Å². The molecule has 1 atom stereocenters. The second-order valence-corrected chi connectivity index (χ2v) is 5.26. The fraction of sp³-hybridized carbons (Fsp3) is 0.571. The molecule has 0 saturated heterocycles. The van der Waals surface area contributed by atoms with E-state index >= 15 is 0 Å². The van der Waals surface area contributed by atoms with E-state index in [2.05, 4.69) is 48.8 Å². The van der Waals surface area contributed by atoms with Gasteiger partial charge >= 0.3 is 0 Å². The van der Waals surface area contributed by atoms with Gasteiger partial charge in [-0.05, 0) is 37.5 Å². The summed E-state index contributed by atoms with van der Waals surface area (Å²) in [6.07, 6.45) is 4.62. The van der Waals surface area contributed by atoms with Crippen LogP contribution in [0.1, 0.15) is 25.3 Å². The molecule has 0 amide bonds. The topological polar surface area (TPSA) is 12.0 Å². The number of thioether (sulfide) groups is 1. The van der Waals surface area contributed by atoms with Crippen molar-refractivity contribution in [1.29, 1.82) is 0 Å². The Hall–Kier alpha value is -0.470. The molecular weight excluding hydrogens is 214 g/mol. The van der Waals surface area contributed by atoms with Crippen molar-refractivity contribution in [3.8, 4) is 0 Å². The lowest BCUT2D eigenvalue weighted by Gasteiger charge is -2.33. The standard InChI is InChI=1S/C14H23NS/c1-4-14(12-15-2,10-11-16-3)13-8-6-5-7-9-13/h5-9,15H,4,10-12H2,1-3H3. The molecule has 1 rings (SSSR count). The highest BCUT2D eigenvalue weighted by atomic mass is 32.2. The van der Waals surface area contributed by atoms with Crippen LogP contribution in [0.3, 0.4) is 0 Å². The minimum atomic E-state index is 0.305. The van der Waals surface area contributed by atoms with Crippen LogP contribution in [0, 0.1) is 0 Å². The van der Waals surface area contributed by atoms with Crippen molar-refractivity contribution in [2.24, 2.45) is 0 Å². The average molecular weight is 237 g/mol. The average Bonchev–Trinajstić information content (AvgIpc) is 2.36. The van der Waals surface area contributed by atoms with E-state index in [9.17, 15) is 0 Å². The molecule has 16 heavy (non-hydrogen) atoms. The van der Waals surface area contributed by atoms with Gasteiger partial charge in [-0.1, -0.05) is 37.3 Å². The largest absolute Gasteiger partial charge is 0.319 e. The fourth-order valence-corrected chi connectivity index (χ4v) is 2.86. The quantitative estimate of drug-likeness (QED) is 0.781. The molecule has 1 nitrogen and oxygen atoms in total. The number of hydrogen-bond acceptors (Lipinski definition) is 2. The second kappa shape index (κ2) is 6.97. The second-order valence-electron chi connectivity index (χ2n) is 4.27. The van der Waals surface area contributed by atoms with E-state index in [0.717, 1.165) is 6.54 Å². The number of likely N-dealkylation sites (N-methyl/N-ethyl adjacent to an activating group) is 1. The van der Waals surface area contributed by atoms with Crippen LogP contribution in [0.5, 0.6) is 0 Å². The molecule has 0 bridgehead atoms. The molecule has 0 aliphatic rings. The van der Waals surface area contributed by atoms with Crippen LogP contribution in [0.2, 0.25) is 0 Å². The van der Waals surface area contributed by atoms with E-state index in [4.69, 9.17) is 0 Å². The third-order valence-electron chi connectivity index (χ3n) is 3.36. The summed E-state index contributed by atoms with van der Waals surface area (Å²) >= 11 is 1.94. The van der Waals surface area contributed by atoms with Gasteiger partial charge in [-0.2, -0.15) is 11.8 Å². The molecule has 0 aromatic heterocycles. The van der Waals surface area contributed by atoms with Gasteiger partial charge in [-0.15, -0.1) is 0 Å². The lowest BCUT2D eigenvalue weighted by Crippen LogP contribution is -2.37. The van der Waals surface area contributed by atoms with Gasteiger partial charge in [0.2, 0.25) is 0 Å². The van der Waals surface area contributed by atoms with Crippen molar-refractivity contribution in [1.82, 2.24) is 5.32 Å². The molecule has 0 fully saturated rings. The highest BCUT2D eigenvalue weighted by Gasteiger charge is 2.28. The molecule has 0 aliphatic heterocycles. The maximum atomic E-state index is 3.36. The summed E-state index contributed by atoms with van der Waals surface area (Å²) in [7, 11) is 2.05. The first-order valence-corrected chi connectivity index (χ1v) is 7.37. The van der Waals surface area contributed by atoms with E-state index in [1.54, 1.807) is 0 Å². The summed E-state index contributed by atoms with van der Waals surface area (Å²) in [4.78, 5) is 0. The van der Waals surface area contributed by atoms with E-state index < -0.39 is 0 Å². The Morgan fingerprint density at radius 3 is 2.44 bits per heavy atom. The zero-order chi connectivity index (χ0) is 11.9. The van der Waals surface area contributed by atoms with Crippen LogP contribution in [-0.4, -0.2) is 25.6 Å². The summed E-state index contributed by atoms with van der Waals surface area (Å²) in [5.41, 5.74) is 1.78. The first-order valence-electron chi connectivity index (χ1n) is 5.98. The minimum Gasteiger partial charge on any atom is -0.319 e. The third-order valence-corrected chi connectivity index (χ3v) is 3.98. The van der Waals surface area contributed by atoms with Gasteiger partial charge in [0.15, 0.2) is 0 Å². The van der Waals surface area contributed by atoms with E-state index in [0.29, 0.717) is 5.41 Å². The SMILES string of the molecule is CCC(CCSC)(CNC)c1ccccc1.